The Bertz CT molecular complexity index is 820. The highest BCUT2D eigenvalue weighted by atomic mass is 16.5. The molecule has 7 nitrogen and oxygen atoms in total. The fourth-order valence-corrected chi connectivity index (χ4v) is 3.18. The van der Waals surface area contributed by atoms with Crippen molar-refractivity contribution >= 4 is 17.9 Å². The zero-order chi connectivity index (χ0) is 22.0. The van der Waals surface area contributed by atoms with Crippen molar-refractivity contribution in [1.29, 1.82) is 0 Å². The molecule has 1 unspecified atom stereocenters. The first kappa shape index (κ1) is 22.9. The summed E-state index contributed by atoms with van der Waals surface area (Å²) in [6.45, 7) is 0. The van der Waals surface area contributed by atoms with E-state index in [2.05, 4.69) is 4.74 Å². The van der Waals surface area contributed by atoms with E-state index in [-0.39, 0.29) is 18.9 Å². The van der Waals surface area contributed by atoms with Crippen LogP contribution in [0.3, 0.4) is 0 Å². The van der Waals surface area contributed by atoms with Gasteiger partial charge in [0.25, 0.3) is 0 Å². The number of hydrogen-bond donors (Lipinski definition) is 0. The van der Waals surface area contributed by atoms with E-state index >= 15 is 0 Å². The monoisotopic (exact) mass is 414 g/mol. The lowest BCUT2D eigenvalue weighted by Crippen LogP contribution is -2.40. The Morgan fingerprint density at radius 2 is 1.63 bits per heavy atom. The van der Waals surface area contributed by atoms with E-state index in [9.17, 15) is 14.4 Å². The predicted molar refractivity (Wildman–Crippen MR) is 109 cm³/mol. The van der Waals surface area contributed by atoms with Crippen LogP contribution in [0.4, 0.5) is 0 Å². The summed E-state index contributed by atoms with van der Waals surface area (Å²) in [5, 5.41) is 0. The summed E-state index contributed by atoms with van der Waals surface area (Å²) in [7, 11) is 3.64. The van der Waals surface area contributed by atoms with Gasteiger partial charge in [0.2, 0.25) is 0 Å². The van der Waals surface area contributed by atoms with Gasteiger partial charge in [0.15, 0.2) is 5.41 Å². The van der Waals surface area contributed by atoms with Crippen molar-refractivity contribution in [3.63, 3.8) is 0 Å². The summed E-state index contributed by atoms with van der Waals surface area (Å²) < 4.78 is 20.0. The van der Waals surface area contributed by atoms with E-state index in [1.54, 1.807) is 12.3 Å². The van der Waals surface area contributed by atoms with Gasteiger partial charge in [-0.05, 0) is 24.0 Å². The fraction of sp³-hybridized carbons (Fsp3) is 0.348. The van der Waals surface area contributed by atoms with Crippen LogP contribution in [0.25, 0.3) is 0 Å². The molecule has 2 rings (SSSR count). The average molecular weight is 414 g/mol. The van der Waals surface area contributed by atoms with Crippen molar-refractivity contribution in [2.45, 2.75) is 25.4 Å². The molecule has 0 fully saturated rings. The summed E-state index contributed by atoms with van der Waals surface area (Å²) in [6.07, 6.45) is 8.31. The van der Waals surface area contributed by atoms with Crippen molar-refractivity contribution in [2.75, 3.05) is 21.3 Å². The van der Waals surface area contributed by atoms with Crippen molar-refractivity contribution in [3.05, 3.63) is 72.0 Å². The van der Waals surface area contributed by atoms with Gasteiger partial charge in [0.1, 0.15) is 6.10 Å². The molecule has 160 valence electrons. The molecule has 1 heterocycles. The van der Waals surface area contributed by atoms with Gasteiger partial charge in [-0.3, -0.25) is 9.59 Å². The SMILES string of the molecule is COC(=O)/C=C/CC(C/C=C/C1=COC(c2ccccc2)C1)(C(=O)OC)C(=O)OC. The fourth-order valence-electron chi connectivity index (χ4n) is 3.18. The molecule has 0 bridgehead atoms. The summed E-state index contributed by atoms with van der Waals surface area (Å²) >= 11 is 0. The quantitative estimate of drug-likeness (QED) is 0.265. The lowest BCUT2D eigenvalue weighted by molar-refractivity contribution is -0.168. The topological polar surface area (TPSA) is 88.1 Å². The maximum atomic E-state index is 12.5. The lowest BCUT2D eigenvalue weighted by Gasteiger charge is -2.25. The van der Waals surface area contributed by atoms with Crippen LogP contribution in [0.1, 0.15) is 30.9 Å². The molecule has 0 aromatic heterocycles. The molecular weight excluding hydrogens is 388 g/mol. The lowest BCUT2D eigenvalue weighted by atomic mass is 9.80. The largest absolute Gasteiger partial charge is 0.493 e. The van der Waals surface area contributed by atoms with E-state index in [0.717, 1.165) is 17.2 Å². The zero-order valence-electron chi connectivity index (χ0n) is 17.3. The van der Waals surface area contributed by atoms with Crippen LogP contribution in [0.15, 0.2) is 66.5 Å². The second-order valence-electron chi connectivity index (χ2n) is 6.73. The Kier molecular flexibility index (Phi) is 8.41. The second-order valence-corrected chi connectivity index (χ2v) is 6.73. The standard InChI is InChI=1S/C23H26O7/c1-27-20(24)12-8-14-23(21(25)28-2,22(26)29-3)13-7-9-17-15-19(30-16-17)18-10-5-4-6-11-18/h4-12,16,19H,13-15H2,1-3H3/b9-7+,12-8+. The van der Waals surface area contributed by atoms with E-state index in [0.29, 0.717) is 6.42 Å². The molecule has 7 heteroatoms. The molecule has 0 amide bonds. The number of allylic oxidation sites excluding steroid dienone is 3. The number of methoxy groups -OCH3 is 3. The van der Waals surface area contributed by atoms with Gasteiger partial charge in [0, 0.05) is 12.5 Å². The highest BCUT2D eigenvalue weighted by Gasteiger charge is 2.46. The number of esters is 3. The molecule has 1 aliphatic heterocycles. The highest BCUT2D eigenvalue weighted by molar-refractivity contribution is 6.00. The molecule has 0 spiro atoms. The molecule has 1 aromatic rings. The van der Waals surface area contributed by atoms with Crippen molar-refractivity contribution < 1.29 is 33.3 Å². The van der Waals surface area contributed by atoms with Crippen LogP contribution < -0.4 is 0 Å². The molecule has 30 heavy (non-hydrogen) atoms. The van der Waals surface area contributed by atoms with E-state index < -0.39 is 23.3 Å². The summed E-state index contributed by atoms with van der Waals surface area (Å²) in [4.78, 5) is 36.3. The molecule has 0 aliphatic carbocycles. The summed E-state index contributed by atoms with van der Waals surface area (Å²) in [5.41, 5.74) is 0.393. The van der Waals surface area contributed by atoms with Crippen LogP contribution in [0.2, 0.25) is 0 Å². The maximum Gasteiger partial charge on any atom is 0.330 e. The molecule has 0 N–H and O–H groups in total. The third kappa shape index (κ3) is 5.59. The van der Waals surface area contributed by atoms with Crippen LogP contribution in [0.5, 0.6) is 0 Å². The number of rotatable bonds is 9. The highest BCUT2D eigenvalue weighted by Crippen LogP contribution is 2.34. The van der Waals surface area contributed by atoms with Crippen LogP contribution in [-0.4, -0.2) is 39.2 Å². The van der Waals surface area contributed by atoms with Crippen LogP contribution in [0, 0.1) is 5.41 Å². The first-order valence-electron chi connectivity index (χ1n) is 9.44. The Morgan fingerprint density at radius 3 is 2.23 bits per heavy atom. The van der Waals surface area contributed by atoms with Crippen LogP contribution in [-0.2, 0) is 33.3 Å². The number of carbonyl (C=O) groups excluding carboxylic acids is 3. The third-order valence-electron chi connectivity index (χ3n) is 4.85. The van der Waals surface area contributed by atoms with Gasteiger partial charge < -0.3 is 18.9 Å². The van der Waals surface area contributed by atoms with Crippen LogP contribution >= 0.6 is 0 Å². The van der Waals surface area contributed by atoms with Crippen molar-refractivity contribution in [2.24, 2.45) is 5.41 Å². The first-order valence-corrected chi connectivity index (χ1v) is 9.44. The van der Waals surface area contributed by atoms with Gasteiger partial charge in [-0.15, -0.1) is 0 Å². The summed E-state index contributed by atoms with van der Waals surface area (Å²) in [5.74, 6) is -2.07. The third-order valence-corrected chi connectivity index (χ3v) is 4.85. The Hall–Kier alpha value is -3.35. The minimum absolute atomic E-state index is 0.0329. The average Bonchev–Trinajstić information content (AvgIpc) is 3.26. The molecule has 1 aliphatic rings. The van der Waals surface area contributed by atoms with E-state index in [1.165, 1.54) is 27.4 Å². The Labute approximate surface area is 175 Å². The predicted octanol–water partition coefficient (Wildman–Crippen LogP) is 3.43. The van der Waals surface area contributed by atoms with Gasteiger partial charge in [0.05, 0.1) is 27.6 Å². The molecular formula is C23H26O7. The van der Waals surface area contributed by atoms with Gasteiger partial charge in [-0.2, -0.15) is 0 Å². The zero-order valence-corrected chi connectivity index (χ0v) is 17.3. The normalized spacial score (nSPS) is 16.2. The number of carbonyl (C=O) groups is 3. The smallest absolute Gasteiger partial charge is 0.330 e. The minimum atomic E-state index is -1.61. The second kappa shape index (κ2) is 11.0. The Balaban J connectivity index is 2.13. The van der Waals surface area contributed by atoms with E-state index in [1.807, 2.05) is 36.4 Å². The Morgan fingerprint density at radius 1 is 1.00 bits per heavy atom. The molecule has 0 saturated heterocycles. The van der Waals surface area contributed by atoms with Crippen molar-refractivity contribution in [3.8, 4) is 0 Å². The van der Waals surface area contributed by atoms with E-state index in [4.69, 9.17) is 14.2 Å². The molecule has 1 aromatic carbocycles. The van der Waals surface area contributed by atoms with Gasteiger partial charge in [-0.25, -0.2) is 4.79 Å². The first-order chi connectivity index (χ1) is 14.5. The molecule has 1 atom stereocenters. The number of ether oxygens (including phenoxy) is 4. The number of hydrogen-bond acceptors (Lipinski definition) is 7. The summed E-state index contributed by atoms with van der Waals surface area (Å²) in [6, 6.07) is 9.85. The minimum Gasteiger partial charge on any atom is -0.493 e. The van der Waals surface area contributed by atoms with Gasteiger partial charge in [-0.1, -0.05) is 48.6 Å². The molecule has 0 saturated carbocycles. The van der Waals surface area contributed by atoms with Gasteiger partial charge >= 0.3 is 17.9 Å². The number of benzene rings is 1. The maximum absolute atomic E-state index is 12.5. The van der Waals surface area contributed by atoms with Crippen molar-refractivity contribution in [1.82, 2.24) is 0 Å². The molecule has 0 radical (unpaired) electrons.